The lowest BCUT2D eigenvalue weighted by molar-refractivity contribution is -0.120. The Kier molecular flexibility index (Phi) is 6.15. The smallest absolute Gasteiger partial charge is 0.246 e. The molecule has 33 heavy (non-hydrogen) atoms. The van der Waals surface area contributed by atoms with Gasteiger partial charge in [0.1, 0.15) is 0 Å². The monoisotopic (exact) mass is 438 g/mol. The molecule has 0 aliphatic heterocycles. The molecule has 0 saturated heterocycles. The van der Waals surface area contributed by atoms with Crippen molar-refractivity contribution in [1.82, 2.24) is 15.5 Å². The Morgan fingerprint density at radius 2 is 1.55 bits per heavy atom. The molecule has 1 aliphatic rings. The van der Waals surface area contributed by atoms with Gasteiger partial charge in [-0.05, 0) is 41.7 Å². The zero-order valence-corrected chi connectivity index (χ0v) is 18.4. The van der Waals surface area contributed by atoms with E-state index in [4.69, 9.17) is 4.52 Å². The molecule has 3 aromatic carbocycles. The predicted octanol–water partition coefficient (Wildman–Crippen LogP) is 4.10. The minimum atomic E-state index is -0.127. The molecule has 6 nitrogen and oxygen atoms in total. The van der Waals surface area contributed by atoms with Crippen LogP contribution in [0.3, 0.4) is 0 Å². The van der Waals surface area contributed by atoms with E-state index in [1.807, 2.05) is 48.5 Å². The standard InChI is InChI=1S/C27H26N4O2/c32-26(28-18-20-9-3-1-4-10-20)17-25-29-27(33-30-25)19-31(23-13-5-2-6-14-23)24-15-21-11-7-8-12-22(21)16-24/h1-14,24H,15-19H2,(H,28,32). The number of rotatable bonds is 8. The van der Waals surface area contributed by atoms with Crippen LogP contribution in [0.25, 0.3) is 0 Å². The molecule has 5 rings (SSSR count). The van der Waals surface area contributed by atoms with Crippen molar-refractivity contribution in [2.24, 2.45) is 0 Å². The van der Waals surface area contributed by atoms with Crippen LogP contribution >= 0.6 is 0 Å². The van der Waals surface area contributed by atoms with Gasteiger partial charge in [0.05, 0.1) is 13.0 Å². The molecule has 0 radical (unpaired) electrons. The minimum absolute atomic E-state index is 0.0938. The summed E-state index contributed by atoms with van der Waals surface area (Å²) in [6.45, 7) is 0.982. The van der Waals surface area contributed by atoms with Gasteiger partial charge in [-0.15, -0.1) is 0 Å². The molecule has 0 atom stereocenters. The molecule has 0 bridgehead atoms. The van der Waals surface area contributed by atoms with Crippen molar-refractivity contribution in [3.8, 4) is 0 Å². The molecule has 166 valence electrons. The SMILES string of the molecule is O=C(Cc1noc(CN(c2ccccc2)C2Cc3ccccc3C2)n1)NCc1ccccc1. The van der Waals surface area contributed by atoms with E-state index in [0.29, 0.717) is 30.8 Å². The van der Waals surface area contributed by atoms with Crippen LogP contribution in [0.15, 0.2) is 89.5 Å². The Hall–Kier alpha value is -3.93. The second-order valence-electron chi connectivity index (χ2n) is 8.34. The van der Waals surface area contributed by atoms with Gasteiger partial charge in [-0.1, -0.05) is 78.0 Å². The normalized spacial score (nSPS) is 13.0. The van der Waals surface area contributed by atoms with E-state index in [1.54, 1.807) is 0 Å². The number of carbonyl (C=O) groups excluding carboxylic acids is 1. The van der Waals surface area contributed by atoms with Gasteiger partial charge >= 0.3 is 0 Å². The summed E-state index contributed by atoms with van der Waals surface area (Å²) in [5, 5.41) is 6.96. The average Bonchev–Trinajstić information content (AvgIpc) is 3.49. The van der Waals surface area contributed by atoms with Gasteiger partial charge in [0, 0.05) is 18.3 Å². The van der Waals surface area contributed by atoms with Crippen LogP contribution in [0.1, 0.15) is 28.4 Å². The Morgan fingerprint density at radius 1 is 0.909 bits per heavy atom. The number of aromatic nitrogens is 2. The molecule has 0 saturated carbocycles. The number of fused-ring (bicyclic) bond motifs is 1. The van der Waals surface area contributed by atoms with Crippen molar-refractivity contribution in [3.63, 3.8) is 0 Å². The van der Waals surface area contributed by atoms with Crippen molar-refractivity contribution >= 4 is 11.6 Å². The first kappa shape index (κ1) is 20.9. The lowest BCUT2D eigenvalue weighted by Gasteiger charge is -2.29. The highest BCUT2D eigenvalue weighted by molar-refractivity contribution is 5.77. The van der Waals surface area contributed by atoms with E-state index < -0.39 is 0 Å². The highest BCUT2D eigenvalue weighted by atomic mass is 16.5. The number of hydrogen-bond donors (Lipinski definition) is 1. The van der Waals surface area contributed by atoms with Crippen LogP contribution < -0.4 is 10.2 Å². The molecule has 1 amide bonds. The first-order valence-corrected chi connectivity index (χ1v) is 11.2. The predicted molar refractivity (Wildman–Crippen MR) is 127 cm³/mol. The third-order valence-corrected chi connectivity index (χ3v) is 6.03. The molecule has 1 N–H and O–H groups in total. The number of para-hydroxylation sites is 1. The summed E-state index contributed by atoms with van der Waals surface area (Å²) in [5.74, 6) is 0.788. The molecule has 0 unspecified atom stereocenters. The first-order chi connectivity index (χ1) is 16.2. The van der Waals surface area contributed by atoms with Gasteiger partial charge in [0.15, 0.2) is 5.82 Å². The fourth-order valence-corrected chi connectivity index (χ4v) is 4.38. The lowest BCUT2D eigenvalue weighted by atomic mass is 10.1. The molecule has 1 heterocycles. The average molecular weight is 439 g/mol. The Labute approximate surface area is 193 Å². The molecule has 6 heteroatoms. The molecule has 1 aliphatic carbocycles. The molecule has 0 fully saturated rings. The zero-order chi connectivity index (χ0) is 22.5. The van der Waals surface area contributed by atoms with Crippen molar-refractivity contribution in [2.45, 2.75) is 38.4 Å². The van der Waals surface area contributed by atoms with Crippen LogP contribution in [-0.4, -0.2) is 22.1 Å². The number of anilines is 1. The summed E-state index contributed by atoms with van der Waals surface area (Å²) in [6, 6.07) is 29.1. The Bertz CT molecular complexity index is 1180. The largest absolute Gasteiger partial charge is 0.359 e. The summed E-state index contributed by atoms with van der Waals surface area (Å²) < 4.78 is 5.53. The highest BCUT2D eigenvalue weighted by Gasteiger charge is 2.28. The molecule has 4 aromatic rings. The Morgan fingerprint density at radius 3 is 2.24 bits per heavy atom. The third-order valence-electron chi connectivity index (χ3n) is 6.03. The van der Waals surface area contributed by atoms with E-state index in [0.717, 1.165) is 24.1 Å². The molecule has 0 spiro atoms. The van der Waals surface area contributed by atoms with Gasteiger partial charge in [-0.25, -0.2) is 0 Å². The summed E-state index contributed by atoms with van der Waals surface area (Å²) in [5.41, 5.74) is 4.96. The summed E-state index contributed by atoms with van der Waals surface area (Å²) in [7, 11) is 0. The van der Waals surface area contributed by atoms with E-state index in [2.05, 4.69) is 56.8 Å². The van der Waals surface area contributed by atoms with Crippen molar-refractivity contribution in [3.05, 3.63) is 113 Å². The van der Waals surface area contributed by atoms with Crippen molar-refractivity contribution < 1.29 is 9.32 Å². The van der Waals surface area contributed by atoms with Crippen molar-refractivity contribution in [1.29, 1.82) is 0 Å². The van der Waals surface area contributed by atoms with Crippen LogP contribution in [0.5, 0.6) is 0 Å². The van der Waals surface area contributed by atoms with Crippen molar-refractivity contribution in [2.75, 3.05) is 4.90 Å². The van der Waals surface area contributed by atoms with Crippen LogP contribution in [0.2, 0.25) is 0 Å². The fourth-order valence-electron chi connectivity index (χ4n) is 4.38. The first-order valence-electron chi connectivity index (χ1n) is 11.2. The highest BCUT2D eigenvalue weighted by Crippen LogP contribution is 2.30. The second kappa shape index (κ2) is 9.69. The van der Waals surface area contributed by atoms with Gasteiger partial charge < -0.3 is 14.7 Å². The van der Waals surface area contributed by atoms with Crippen LogP contribution in [0.4, 0.5) is 5.69 Å². The molecule has 1 aromatic heterocycles. The number of benzene rings is 3. The number of hydrogen-bond acceptors (Lipinski definition) is 5. The van der Waals surface area contributed by atoms with Gasteiger partial charge in [-0.3, -0.25) is 4.79 Å². The zero-order valence-electron chi connectivity index (χ0n) is 18.4. The maximum atomic E-state index is 12.3. The number of carbonyl (C=O) groups is 1. The van der Waals surface area contributed by atoms with E-state index in [9.17, 15) is 4.79 Å². The van der Waals surface area contributed by atoms with E-state index >= 15 is 0 Å². The summed E-state index contributed by atoms with van der Waals surface area (Å²) >= 11 is 0. The summed E-state index contributed by atoms with van der Waals surface area (Å²) in [4.78, 5) is 19.2. The van der Waals surface area contributed by atoms with Gasteiger partial charge in [0.2, 0.25) is 11.8 Å². The second-order valence-corrected chi connectivity index (χ2v) is 8.34. The molecular formula is C27H26N4O2. The summed E-state index contributed by atoms with van der Waals surface area (Å²) in [6.07, 6.45) is 2.05. The minimum Gasteiger partial charge on any atom is -0.359 e. The van der Waals surface area contributed by atoms with Crippen LogP contribution in [0, 0.1) is 0 Å². The van der Waals surface area contributed by atoms with E-state index in [1.165, 1.54) is 11.1 Å². The maximum absolute atomic E-state index is 12.3. The number of nitrogens with one attached hydrogen (secondary N) is 1. The fraction of sp³-hybridized carbons (Fsp3) is 0.222. The van der Waals surface area contributed by atoms with E-state index in [-0.39, 0.29) is 12.3 Å². The number of amides is 1. The maximum Gasteiger partial charge on any atom is 0.246 e. The third kappa shape index (κ3) is 5.12. The topological polar surface area (TPSA) is 71.3 Å². The quantitative estimate of drug-likeness (QED) is 0.448. The van der Waals surface area contributed by atoms with Gasteiger partial charge in [-0.2, -0.15) is 4.98 Å². The number of nitrogens with zero attached hydrogens (tertiary/aromatic N) is 3. The lowest BCUT2D eigenvalue weighted by Crippen LogP contribution is -2.35. The van der Waals surface area contributed by atoms with Gasteiger partial charge in [0.25, 0.3) is 0 Å². The Balaban J connectivity index is 1.25. The van der Waals surface area contributed by atoms with Crippen LogP contribution in [-0.2, 0) is 37.1 Å². The molecular weight excluding hydrogens is 412 g/mol.